The summed E-state index contributed by atoms with van der Waals surface area (Å²) < 4.78 is 44.6. The minimum Gasteiger partial charge on any atom is -0.456 e. The molecule has 4 saturated carbocycles. The Labute approximate surface area is 482 Å². The van der Waals surface area contributed by atoms with Gasteiger partial charge in [-0.05, 0) is 143 Å². The zero-order chi connectivity index (χ0) is 57.7. The van der Waals surface area contributed by atoms with E-state index in [0.717, 1.165) is 102 Å². The van der Waals surface area contributed by atoms with Gasteiger partial charge in [-0.1, -0.05) is 94.0 Å². The standard InChI is InChI=1S/C64H84N3O14P/c1-62-29-28-49(68)36-48(62)25-26-50-51-37-57-64(63(51,2)38-53(69)58(50)62,80-61(79-57)44-20-9-6-10-21-44)56(71)42-78-60(73)52-23-16-32-67(52)59(72)46-22-15-31-66(40-46)41-47-35-45(24-27-55(47)81-82(74,75)76)54(70)39-65-30-12-3-4-13-33-77-34-14-11-19-43-17-7-5-8-18-43/h5,7-8,15,17-18,22,24,27-29,31,35-36,40,44,50-54,57-58,61,65,69-70H,3-4,6,9-14,16,19-21,23,25-26,30,32-34,37-39,41-42H2,1-2H3,(H-,74,75,76)/p+1/t50?,51?,52?,53-,54?,57-,58?,61+,62-,63-,64+/m0/s1. The van der Waals surface area contributed by atoms with Crippen LogP contribution in [0.2, 0.25) is 0 Å². The van der Waals surface area contributed by atoms with Gasteiger partial charge in [0.25, 0.3) is 5.91 Å². The third kappa shape index (κ3) is 13.0. The molecule has 17 nitrogen and oxygen atoms in total. The summed E-state index contributed by atoms with van der Waals surface area (Å²) in [5.74, 6) is -1.73. The van der Waals surface area contributed by atoms with E-state index >= 15 is 4.79 Å². The molecular formula is C64H85N3O14P+. The highest BCUT2D eigenvalue weighted by Crippen LogP contribution is 2.70. The van der Waals surface area contributed by atoms with E-state index in [4.69, 9.17) is 23.5 Å². The van der Waals surface area contributed by atoms with Gasteiger partial charge in [-0.3, -0.25) is 24.2 Å². The number of aryl methyl sites for hydroxylation is 1. The molecule has 0 bridgehead atoms. The van der Waals surface area contributed by atoms with Crippen molar-refractivity contribution in [3.63, 3.8) is 0 Å². The number of Topliss-reactive ketones (excluding diaryl/α,β-unsaturated/α-hetero) is 1. The highest BCUT2D eigenvalue weighted by Gasteiger charge is 2.76. The Hall–Kier alpha value is -4.94. The number of hydrogen-bond donors (Lipinski definition) is 5. The van der Waals surface area contributed by atoms with E-state index in [1.807, 2.05) is 12.1 Å². The second-order valence-electron chi connectivity index (χ2n) is 24.8. The number of aromatic nitrogens is 1. The normalized spacial score (nSPS) is 30.0. The first-order chi connectivity index (χ1) is 39.5. The van der Waals surface area contributed by atoms with Crippen LogP contribution >= 0.6 is 7.82 Å². The minimum atomic E-state index is -4.98. The van der Waals surface area contributed by atoms with Gasteiger partial charge in [0.05, 0.1) is 23.9 Å². The Morgan fingerprint density at radius 2 is 1.71 bits per heavy atom. The summed E-state index contributed by atoms with van der Waals surface area (Å²) in [5.41, 5.74) is 0.678. The van der Waals surface area contributed by atoms with E-state index < -0.39 is 79.2 Å². The molecule has 3 heterocycles. The van der Waals surface area contributed by atoms with Crippen LogP contribution in [-0.4, -0.2) is 118 Å². The van der Waals surface area contributed by atoms with Gasteiger partial charge in [-0.2, -0.15) is 4.57 Å². The molecule has 6 fully saturated rings. The molecule has 2 saturated heterocycles. The van der Waals surface area contributed by atoms with Crippen LogP contribution < -0.4 is 14.4 Å². The van der Waals surface area contributed by atoms with Gasteiger partial charge >= 0.3 is 13.8 Å². The Morgan fingerprint density at radius 3 is 2.50 bits per heavy atom. The number of ether oxygens (including phenoxy) is 4. The highest BCUT2D eigenvalue weighted by atomic mass is 31.2. The van der Waals surface area contributed by atoms with Gasteiger partial charge < -0.3 is 43.9 Å². The van der Waals surface area contributed by atoms with Crippen molar-refractivity contribution in [2.75, 3.05) is 39.5 Å². The summed E-state index contributed by atoms with van der Waals surface area (Å²) in [6, 6.07) is 17.4. The average Bonchev–Trinajstić information content (AvgIpc) is 1.75. The van der Waals surface area contributed by atoms with Crippen LogP contribution in [0.5, 0.6) is 5.75 Å². The number of rotatable bonds is 25. The van der Waals surface area contributed by atoms with E-state index in [-0.39, 0.29) is 66.8 Å². The molecule has 5 N–H and O–H groups in total. The molecule has 1 aromatic heterocycles. The number of carbonyl (C=O) groups excluding carboxylic acids is 4. The lowest BCUT2D eigenvalue weighted by Gasteiger charge is -2.59. The number of aliphatic hydroxyl groups is 2. The van der Waals surface area contributed by atoms with Crippen molar-refractivity contribution in [2.24, 2.45) is 34.5 Å². The number of aliphatic hydroxyl groups excluding tert-OH is 2. The number of benzene rings is 2. The fourth-order valence-electron chi connectivity index (χ4n) is 15.5. The number of carbonyl (C=O) groups is 4. The minimum absolute atomic E-state index is 0.0131. The molecule has 5 aliphatic carbocycles. The molecule has 0 spiro atoms. The molecule has 5 unspecified atom stereocenters. The van der Waals surface area contributed by atoms with E-state index in [1.54, 1.807) is 53.4 Å². The van der Waals surface area contributed by atoms with Crippen molar-refractivity contribution in [1.82, 2.24) is 10.2 Å². The number of likely N-dealkylation sites (tertiary alicyclic amines) is 1. The van der Waals surface area contributed by atoms with Crippen molar-refractivity contribution in [2.45, 2.75) is 172 Å². The van der Waals surface area contributed by atoms with Crippen LogP contribution in [0, 0.1) is 34.5 Å². The zero-order valence-corrected chi connectivity index (χ0v) is 48.6. The number of esters is 1. The number of nitrogens with one attached hydrogen (secondary N) is 1. The van der Waals surface area contributed by atoms with Crippen LogP contribution in [0.15, 0.2) is 96.9 Å². The Balaban J connectivity index is 0.747. The average molecular weight is 1150 g/mol. The molecule has 2 aromatic carbocycles. The Morgan fingerprint density at radius 1 is 0.927 bits per heavy atom. The van der Waals surface area contributed by atoms with E-state index in [1.165, 1.54) is 16.5 Å². The van der Waals surface area contributed by atoms with Crippen molar-refractivity contribution >= 4 is 31.3 Å². The van der Waals surface area contributed by atoms with E-state index in [0.29, 0.717) is 43.4 Å². The third-order valence-electron chi connectivity index (χ3n) is 19.6. The lowest BCUT2D eigenvalue weighted by Crippen LogP contribution is -2.64. The first-order valence-corrected chi connectivity index (χ1v) is 31.8. The molecule has 7 aliphatic rings. The summed E-state index contributed by atoms with van der Waals surface area (Å²) in [6.45, 7) is 6.35. The number of phosphoric ester groups is 1. The number of ketones is 2. The monoisotopic (exact) mass is 1150 g/mol. The quantitative estimate of drug-likeness (QED) is 0.0232. The second-order valence-corrected chi connectivity index (χ2v) is 25.9. The number of allylic oxidation sites excluding steroid dienone is 4. The number of unbranched alkanes of at least 4 members (excludes halogenated alkanes) is 4. The first kappa shape index (κ1) is 60.2. The summed E-state index contributed by atoms with van der Waals surface area (Å²) in [7, 11) is -4.98. The summed E-state index contributed by atoms with van der Waals surface area (Å²) in [4.78, 5) is 77.4. The van der Waals surface area contributed by atoms with Crippen LogP contribution in [0.3, 0.4) is 0 Å². The molecule has 0 radical (unpaired) electrons. The van der Waals surface area contributed by atoms with Crippen molar-refractivity contribution < 1.29 is 71.8 Å². The first-order valence-electron chi connectivity index (χ1n) is 30.3. The molecule has 3 aromatic rings. The number of pyridine rings is 1. The smallest absolute Gasteiger partial charge is 0.456 e. The SMILES string of the molecule is C[C@]12C=CC(=O)C=C1CCC1C2[C@@H](O)C[C@@]2(C)C1C[C@@H]1O[C@@H](C3CCCCC3)O[C@]12C(=O)COC(=O)C1CCCN1C(=O)c1ccc[n+](Cc2cc(C(O)CNCCCCCCOCCCCc3ccccc3)ccc2OP(=O)(O)O)c1. The number of amides is 1. The van der Waals surface area contributed by atoms with Crippen LogP contribution in [0.25, 0.3) is 0 Å². The van der Waals surface area contributed by atoms with Crippen LogP contribution in [0.1, 0.15) is 156 Å². The predicted molar refractivity (Wildman–Crippen MR) is 304 cm³/mol. The van der Waals surface area contributed by atoms with Gasteiger partial charge in [0, 0.05) is 55.0 Å². The van der Waals surface area contributed by atoms with Gasteiger partial charge in [0.2, 0.25) is 5.78 Å². The molecule has 2 aliphatic heterocycles. The third-order valence-corrected chi connectivity index (χ3v) is 20.0. The molecule has 11 atom stereocenters. The van der Waals surface area contributed by atoms with Crippen LogP contribution in [0.4, 0.5) is 0 Å². The second kappa shape index (κ2) is 26.1. The van der Waals surface area contributed by atoms with Gasteiger partial charge in [0.15, 0.2) is 43.2 Å². The van der Waals surface area contributed by atoms with E-state index in [2.05, 4.69) is 43.4 Å². The number of fused-ring (bicyclic) bond motifs is 7. The van der Waals surface area contributed by atoms with Crippen molar-refractivity contribution in [3.05, 3.63) is 119 Å². The van der Waals surface area contributed by atoms with Crippen molar-refractivity contribution in [3.8, 4) is 5.75 Å². The topological polar surface area (TPSA) is 232 Å². The molecule has 10 rings (SSSR count). The molecule has 18 heteroatoms. The number of phosphoric acid groups is 1. The molecule has 444 valence electrons. The maximum Gasteiger partial charge on any atom is 0.524 e. The summed E-state index contributed by atoms with van der Waals surface area (Å²) in [6.07, 6.45) is 21.1. The number of nitrogens with zero attached hydrogens (tertiary/aromatic N) is 2. The lowest BCUT2D eigenvalue weighted by atomic mass is 9.46. The maximum absolute atomic E-state index is 15.2. The van der Waals surface area contributed by atoms with Gasteiger partial charge in [-0.15, -0.1) is 0 Å². The molecule has 1 amide bonds. The van der Waals surface area contributed by atoms with Gasteiger partial charge in [0.1, 0.15) is 17.4 Å². The van der Waals surface area contributed by atoms with Gasteiger partial charge in [-0.25, -0.2) is 9.36 Å². The Kier molecular flexibility index (Phi) is 19.2. The van der Waals surface area contributed by atoms with Crippen LogP contribution in [-0.2, 0) is 50.9 Å². The van der Waals surface area contributed by atoms with Crippen molar-refractivity contribution in [1.29, 1.82) is 0 Å². The fraction of sp³-hybridized carbons (Fsp3) is 0.609. The zero-order valence-electron chi connectivity index (χ0n) is 47.7. The maximum atomic E-state index is 15.2. The summed E-state index contributed by atoms with van der Waals surface area (Å²) >= 11 is 0. The molecule has 82 heavy (non-hydrogen) atoms. The Bertz CT molecular complexity index is 2870. The molecular weight excluding hydrogens is 1070 g/mol. The number of hydrogen-bond acceptors (Lipinski definition) is 13. The highest BCUT2D eigenvalue weighted by molar-refractivity contribution is 7.46. The van der Waals surface area contributed by atoms with E-state index in [9.17, 15) is 38.9 Å². The lowest BCUT2D eigenvalue weighted by molar-refractivity contribution is -0.688. The fourth-order valence-corrected chi connectivity index (χ4v) is 15.9. The largest absolute Gasteiger partial charge is 0.524 e. The predicted octanol–water partition coefficient (Wildman–Crippen LogP) is 8.38. The summed E-state index contributed by atoms with van der Waals surface area (Å²) in [5, 5.41) is 26.8.